The number of nitrogens with zero attached hydrogens (tertiary/aromatic N) is 1. The maximum absolute atomic E-state index is 10.1. The molecule has 1 atom stereocenters. The molecule has 0 saturated carbocycles. The van der Waals surface area contributed by atoms with Gasteiger partial charge < -0.3 is 15.7 Å². The minimum Gasteiger partial charge on any atom is -0.389 e. The van der Waals surface area contributed by atoms with Gasteiger partial charge in [-0.05, 0) is 25.6 Å². The Balaban J connectivity index is 2.55. The molecule has 0 heterocycles. The third-order valence-corrected chi connectivity index (χ3v) is 3.19. The first kappa shape index (κ1) is 15.1. The highest BCUT2D eigenvalue weighted by atomic mass is 32.1. The van der Waals surface area contributed by atoms with Gasteiger partial charge in [0.15, 0.2) is 0 Å². The van der Waals surface area contributed by atoms with Crippen LogP contribution in [0.3, 0.4) is 0 Å². The van der Waals surface area contributed by atoms with Crippen molar-refractivity contribution in [1.29, 1.82) is 0 Å². The zero-order chi connectivity index (χ0) is 13.5. The van der Waals surface area contributed by atoms with Crippen LogP contribution < -0.4 is 5.73 Å². The van der Waals surface area contributed by atoms with Crippen LogP contribution in [0.15, 0.2) is 24.3 Å². The summed E-state index contributed by atoms with van der Waals surface area (Å²) in [5, 5.41) is 10.1. The molecule has 0 radical (unpaired) electrons. The van der Waals surface area contributed by atoms with Gasteiger partial charge in [-0.1, -0.05) is 49.8 Å². The Bertz CT molecular complexity index is 378. The van der Waals surface area contributed by atoms with Gasteiger partial charge in [0.1, 0.15) is 4.99 Å². The van der Waals surface area contributed by atoms with Crippen LogP contribution in [0.4, 0.5) is 0 Å². The molecule has 0 aliphatic carbocycles. The van der Waals surface area contributed by atoms with Crippen molar-refractivity contribution in [3.63, 3.8) is 0 Å². The molecule has 0 spiro atoms. The maximum Gasteiger partial charge on any atom is 0.103 e. The highest BCUT2D eigenvalue weighted by Crippen LogP contribution is 2.15. The number of likely N-dealkylation sites (N-methyl/N-ethyl adjacent to an activating group) is 1. The molecule has 1 unspecified atom stereocenters. The molecule has 0 saturated heterocycles. The van der Waals surface area contributed by atoms with Gasteiger partial charge in [0.2, 0.25) is 0 Å². The Morgan fingerprint density at radius 3 is 2.50 bits per heavy atom. The molecule has 0 aliphatic heterocycles. The molecule has 3 nitrogen and oxygen atoms in total. The molecule has 1 rings (SSSR count). The van der Waals surface area contributed by atoms with Crippen LogP contribution in [-0.4, -0.2) is 35.1 Å². The predicted octanol–water partition coefficient (Wildman–Crippen LogP) is 2.09. The predicted molar refractivity (Wildman–Crippen MR) is 79.7 cm³/mol. The highest BCUT2D eigenvalue weighted by molar-refractivity contribution is 7.80. The number of benzene rings is 1. The van der Waals surface area contributed by atoms with Gasteiger partial charge >= 0.3 is 0 Å². The van der Waals surface area contributed by atoms with Crippen LogP contribution >= 0.6 is 12.2 Å². The third-order valence-electron chi connectivity index (χ3n) is 2.96. The third kappa shape index (κ3) is 4.72. The van der Waals surface area contributed by atoms with Gasteiger partial charge in [-0.15, -0.1) is 0 Å². The number of unbranched alkanes of at least 4 members (excludes halogenated alkanes) is 1. The second kappa shape index (κ2) is 7.46. The van der Waals surface area contributed by atoms with E-state index in [2.05, 4.69) is 11.8 Å². The van der Waals surface area contributed by atoms with E-state index in [1.54, 1.807) is 0 Å². The lowest BCUT2D eigenvalue weighted by Crippen LogP contribution is -2.25. The molecule has 1 aromatic rings. The van der Waals surface area contributed by atoms with Crippen LogP contribution in [0.25, 0.3) is 0 Å². The fourth-order valence-electron chi connectivity index (χ4n) is 1.79. The standard InChI is InChI=1S/C14H22N2OS/c1-3-4-9-16(2)10-13(17)11-5-7-12(8-6-11)14(15)18/h5-8,13,17H,3-4,9-10H2,1-2H3,(H2,15,18). The minimum atomic E-state index is -0.466. The van der Waals surface area contributed by atoms with E-state index in [0.29, 0.717) is 11.5 Å². The van der Waals surface area contributed by atoms with Crippen LogP contribution in [0.1, 0.15) is 37.0 Å². The van der Waals surface area contributed by atoms with Crippen LogP contribution in [-0.2, 0) is 0 Å². The van der Waals surface area contributed by atoms with Crippen LogP contribution in [0.2, 0.25) is 0 Å². The zero-order valence-electron chi connectivity index (χ0n) is 11.1. The van der Waals surface area contributed by atoms with Gasteiger partial charge in [-0.2, -0.15) is 0 Å². The highest BCUT2D eigenvalue weighted by Gasteiger charge is 2.10. The summed E-state index contributed by atoms with van der Waals surface area (Å²) in [6.45, 7) is 3.82. The first-order valence-corrected chi connectivity index (χ1v) is 6.71. The minimum absolute atomic E-state index is 0.385. The molecule has 0 amide bonds. The molecule has 18 heavy (non-hydrogen) atoms. The summed E-state index contributed by atoms with van der Waals surface area (Å²) >= 11 is 4.90. The van der Waals surface area contributed by atoms with Gasteiger partial charge in [-0.25, -0.2) is 0 Å². The van der Waals surface area contributed by atoms with Crippen molar-refractivity contribution < 1.29 is 5.11 Å². The number of thiocarbonyl (C=S) groups is 1. The SMILES string of the molecule is CCCCN(C)CC(O)c1ccc(C(N)=S)cc1. The summed E-state index contributed by atoms with van der Waals surface area (Å²) < 4.78 is 0. The number of aliphatic hydroxyl groups excluding tert-OH is 1. The van der Waals surface area contributed by atoms with Gasteiger partial charge in [0.25, 0.3) is 0 Å². The Morgan fingerprint density at radius 2 is 2.00 bits per heavy atom. The lowest BCUT2D eigenvalue weighted by molar-refractivity contribution is 0.126. The summed E-state index contributed by atoms with van der Waals surface area (Å²) in [5.74, 6) is 0. The van der Waals surface area contributed by atoms with Crippen molar-refractivity contribution >= 4 is 17.2 Å². The number of hydrogen-bond acceptors (Lipinski definition) is 3. The smallest absolute Gasteiger partial charge is 0.103 e. The quantitative estimate of drug-likeness (QED) is 0.742. The molecule has 1 aromatic carbocycles. The maximum atomic E-state index is 10.1. The van der Waals surface area contributed by atoms with Crippen molar-refractivity contribution in [3.05, 3.63) is 35.4 Å². The van der Waals surface area contributed by atoms with Crippen molar-refractivity contribution in [2.75, 3.05) is 20.1 Å². The topological polar surface area (TPSA) is 49.5 Å². The average molecular weight is 266 g/mol. The van der Waals surface area contributed by atoms with Crippen molar-refractivity contribution in [2.45, 2.75) is 25.9 Å². The average Bonchev–Trinajstić information content (AvgIpc) is 2.36. The van der Waals surface area contributed by atoms with E-state index in [1.165, 1.54) is 6.42 Å². The number of nitrogens with two attached hydrogens (primary N) is 1. The Hall–Kier alpha value is -0.970. The molecule has 0 bridgehead atoms. The second-order valence-electron chi connectivity index (χ2n) is 4.62. The molecule has 100 valence electrons. The molecule has 0 aliphatic rings. The fraction of sp³-hybridized carbons (Fsp3) is 0.500. The number of hydrogen-bond donors (Lipinski definition) is 2. The molecular weight excluding hydrogens is 244 g/mol. The molecule has 0 aromatic heterocycles. The van der Waals surface area contributed by atoms with Crippen molar-refractivity contribution in [1.82, 2.24) is 4.90 Å². The van der Waals surface area contributed by atoms with Crippen LogP contribution in [0, 0.1) is 0 Å². The number of aliphatic hydroxyl groups is 1. The molecule has 4 heteroatoms. The largest absolute Gasteiger partial charge is 0.389 e. The van der Waals surface area contributed by atoms with E-state index < -0.39 is 6.10 Å². The Labute approximate surface area is 115 Å². The summed E-state index contributed by atoms with van der Waals surface area (Å²) in [4.78, 5) is 2.53. The van der Waals surface area contributed by atoms with E-state index in [4.69, 9.17) is 18.0 Å². The molecule has 3 N–H and O–H groups in total. The summed E-state index contributed by atoms with van der Waals surface area (Å²) in [5.41, 5.74) is 7.27. The second-order valence-corrected chi connectivity index (χ2v) is 5.06. The normalized spacial score (nSPS) is 12.7. The summed E-state index contributed by atoms with van der Waals surface area (Å²) in [7, 11) is 2.03. The lowest BCUT2D eigenvalue weighted by Gasteiger charge is -2.20. The Morgan fingerprint density at radius 1 is 1.39 bits per heavy atom. The Kier molecular flexibility index (Phi) is 6.25. The van der Waals surface area contributed by atoms with Gasteiger partial charge in [0.05, 0.1) is 6.10 Å². The zero-order valence-corrected chi connectivity index (χ0v) is 11.9. The van der Waals surface area contributed by atoms with Crippen molar-refractivity contribution in [3.8, 4) is 0 Å². The first-order chi connectivity index (χ1) is 8.54. The van der Waals surface area contributed by atoms with Gasteiger partial charge in [0, 0.05) is 12.1 Å². The monoisotopic (exact) mass is 266 g/mol. The van der Waals surface area contributed by atoms with E-state index >= 15 is 0 Å². The molecular formula is C14H22N2OS. The van der Waals surface area contributed by atoms with E-state index in [9.17, 15) is 5.11 Å². The van der Waals surface area contributed by atoms with E-state index in [1.807, 2.05) is 31.3 Å². The fourth-order valence-corrected chi connectivity index (χ4v) is 1.93. The van der Waals surface area contributed by atoms with Gasteiger partial charge in [-0.3, -0.25) is 0 Å². The van der Waals surface area contributed by atoms with Crippen molar-refractivity contribution in [2.24, 2.45) is 5.73 Å². The summed E-state index contributed by atoms with van der Waals surface area (Å²) in [6.07, 6.45) is 1.86. The number of rotatable bonds is 7. The van der Waals surface area contributed by atoms with E-state index in [-0.39, 0.29) is 0 Å². The first-order valence-electron chi connectivity index (χ1n) is 6.31. The summed E-state index contributed by atoms with van der Waals surface area (Å²) in [6, 6.07) is 7.47. The molecule has 0 fully saturated rings. The van der Waals surface area contributed by atoms with Crippen LogP contribution in [0.5, 0.6) is 0 Å². The lowest BCUT2D eigenvalue weighted by atomic mass is 10.1. The van der Waals surface area contributed by atoms with E-state index in [0.717, 1.165) is 24.1 Å².